The van der Waals surface area contributed by atoms with Gasteiger partial charge in [0.05, 0.1) is 25.2 Å². The number of thiophene rings is 1. The van der Waals surface area contributed by atoms with E-state index in [0.717, 1.165) is 5.38 Å². The Balaban J connectivity index is 2.29. The second-order valence-electron chi connectivity index (χ2n) is 5.08. The molecule has 0 aliphatic rings. The number of anilines is 1. The number of nitrogens with one attached hydrogen (secondary N) is 2. The number of sulfonamides is 1. The van der Waals surface area contributed by atoms with Crippen molar-refractivity contribution in [1.82, 2.24) is 14.7 Å². The lowest BCUT2D eigenvalue weighted by molar-refractivity contribution is -0.108. The number of carbonyl (C=O) groups excluding carboxylic acids is 1. The molecule has 0 saturated carbocycles. The highest BCUT2D eigenvalue weighted by Crippen LogP contribution is 2.38. The summed E-state index contributed by atoms with van der Waals surface area (Å²) in [5, 5.41) is 2.84. The number of alkyl halides is 3. The Hall–Kier alpha value is -3.01. The molecule has 0 bridgehead atoms. The maximum Gasteiger partial charge on any atom is 0.445 e. The van der Waals surface area contributed by atoms with Gasteiger partial charge in [-0.25, -0.2) is 22.3 Å². The lowest BCUT2D eigenvalue weighted by Gasteiger charge is -2.10. The molecule has 164 valence electrons. The van der Waals surface area contributed by atoms with Crippen LogP contribution < -0.4 is 19.5 Å². The van der Waals surface area contributed by atoms with Crippen molar-refractivity contribution >= 4 is 39.2 Å². The second-order valence-corrected chi connectivity index (χ2v) is 7.64. The van der Waals surface area contributed by atoms with Crippen LogP contribution in [0.25, 0.3) is 5.83 Å². The largest absolute Gasteiger partial charge is 0.481 e. The molecule has 2 amide bonds. The van der Waals surface area contributed by atoms with Crippen LogP contribution in [-0.2, 0) is 10.0 Å². The molecule has 0 fully saturated rings. The number of hydrogen-bond acceptors (Lipinski definition) is 8. The van der Waals surface area contributed by atoms with Crippen LogP contribution in [0.15, 0.2) is 28.2 Å². The van der Waals surface area contributed by atoms with Crippen LogP contribution in [0.5, 0.6) is 11.8 Å². The summed E-state index contributed by atoms with van der Waals surface area (Å²) in [5.74, 6) is -6.08. The van der Waals surface area contributed by atoms with Gasteiger partial charge in [-0.1, -0.05) is 0 Å². The van der Waals surface area contributed by atoms with E-state index in [2.05, 4.69) is 9.97 Å². The smallest absolute Gasteiger partial charge is 0.445 e. The normalized spacial score (nSPS) is 12.8. The number of hydrogen-bond donors (Lipinski definition) is 2. The van der Waals surface area contributed by atoms with Crippen molar-refractivity contribution in [3.8, 4) is 11.8 Å². The molecule has 2 rings (SSSR count). The third-order valence-corrected chi connectivity index (χ3v) is 5.52. The predicted octanol–water partition coefficient (Wildman–Crippen LogP) is 3.24. The third kappa shape index (κ3) is 5.32. The summed E-state index contributed by atoms with van der Waals surface area (Å²) < 4.78 is 99.8. The first-order chi connectivity index (χ1) is 13.9. The van der Waals surface area contributed by atoms with E-state index in [9.17, 15) is 35.2 Å². The molecule has 0 aromatic carbocycles. The van der Waals surface area contributed by atoms with E-state index in [1.807, 2.05) is 5.32 Å². The minimum Gasteiger partial charge on any atom is -0.481 e. The Kier molecular flexibility index (Phi) is 6.81. The summed E-state index contributed by atoms with van der Waals surface area (Å²) >= 11 is 0.188. The standard InChI is InChI=1S/C14H11F5N4O5S2/c1-27-7-5-8(28-2)21-12(20-7)22-13(24)23-30(25,26)6-3-4-29-10(6)9(15)11(16)14(17,18)19/h3-5H,1-2H3,(H2,20,21,22,23,24)/b11-9-. The van der Waals surface area contributed by atoms with Crippen molar-refractivity contribution in [1.29, 1.82) is 0 Å². The number of halogens is 5. The lowest BCUT2D eigenvalue weighted by atomic mass is 10.3. The number of amides is 2. The number of ether oxygens (including phenoxy) is 2. The van der Waals surface area contributed by atoms with Gasteiger partial charge in [-0.05, 0) is 11.4 Å². The van der Waals surface area contributed by atoms with E-state index in [1.165, 1.54) is 25.0 Å². The van der Waals surface area contributed by atoms with Gasteiger partial charge in [-0.15, -0.1) is 11.3 Å². The first kappa shape index (κ1) is 23.3. The third-order valence-electron chi connectivity index (χ3n) is 3.11. The molecule has 16 heteroatoms. The summed E-state index contributed by atoms with van der Waals surface area (Å²) in [5.41, 5.74) is 0. The molecular weight excluding hydrogens is 463 g/mol. The molecule has 2 aromatic heterocycles. The van der Waals surface area contributed by atoms with E-state index in [4.69, 9.17) is 9.47 Å². The van der Waals surface area contributed by atoms with E-state index in [-0.39, 0.29) is 23.1 Å². The highest BCUT2D eigenvalue weighted by molar-refractivity contribution is 7.90. The number of rotatable bonds is 6. The molecule has 0 spiro atoms. The topological polar surface area (TPSA) is 120 Å². The summed E-state index contributed by atoms with van der Waals surface area (Å²) in [4.78, 5) is 17.1. The molecule has 0 atom stereocenters. The van der Waals surface area contributed by atoms with Crippen molar-refractivity contribution in [2.45, 2.75) is 11.1 Å². The Morgan fingerprint density at radius 3 is 2.20 bits per heavy atom. The molecule has 9 nitrogen and oxygen atoms in total. The van der Waals surface area contributed by atoms with E-state index >= 15 is 0 Å². The van der Waals surface area contributed by atoms with Gasteiger partial charge in [0, 0.05) is 0 Å². The second kappa shape index (κ2) is 8.78. The molecule has 2 heterocycles. The SMILES string of the molecule is COc1cc(OC)nc(NC(=O)NS(=O)(=O)c2ccsc2/C(F)=C(/F)C(F)(F)F)n1. The highest BCUT2D eigenvalue weighted by Gasteiger charge is 2.40. The Bertz CT molecular complexity index is 1060. The van der Waals surface area contributed by atoms with Crippen LogP contribution in [0.1, 0.15) is 4.88 Å². The molecule has 0 saturated heterocycles. The molecule has 2 aromatic rings. The number of urea groups is 1. The zero-order valence-electron chi connectivity index (χ0n) is 14.9. The van der Waals surface area contributed by atoms with Gasteiger partial charge in [0.25, 0.3) is 10.0 Å². The van der Waals surface area contributed by atoms with Gasteiger partial charge in [0.1, 0.15) is 4.90 Å². The first-order valence-electron chi connectivity index (χ1n) is 7.40. The lowest BCUT2D eigenvalue weighted by Crippen LogP contribution is -2.35. The molecule has 2 N–H and O–H groups in total. The number of aromatic nitrogens is 2. The minimum atomic E-state index is -5.66. The Morgan fingerprint density at radius 1 is 1.13 bits per heavy atom. The molecule has 0 unspecified atom stereocenters. The van der Waals surface area contributed by atoms with Crippen molar-refractivity contribution < 1.29 is 44.6 Å². The van der Waals surface area contributed by atoms with Crippen LogP contribution >= 0.6 is 11.3 Å². The first-order valence-corrected chi connectivity index (χ1v) is 9.76. The number of allylic oxidation sites excluding steroid dienone is 1. The number of carbonyl (C=O) groups is 1. The summed E-state index contributed by atoms with van der Waals surface area (Å²) in [6.07, 6.45) is -5.66. The van der Waals surface area contributed by atoms with Gasteiger partial charge >= 0.3 is 12.2 Å². The van der Waals surface area contributed by atoms with Crippen molar-refractivity contribution in [2.75, 3.05) is 19.5 Å². The average Bonchev–Trinajstić information content (AvgIpc) is 3.16. The predicted molar refractivity (Wildman–Crippen MR) is 94.0 cm³/mol. The Labute approximate surface area is 169 Å². The molecule has 0 radical (unpaired) electrons. The van der Waals surface area contributed by atoms with Gasteiger partial charge < -0.3 is 9.47 Å². The molecule has 0 aliphatic carbocycles. The fraction of sp³-hybridized carbons (Fsp3) is 0.214. The molecular formula is C14H11F5N4O5S2. The van der Waals surface area contributed by atoms with Crippen molar-refractivity contribution in [3.63, 3.8) is 0 Å². The molecule has 0 aliphatic heterocycles. The monoisotopic (exact) mass is 474 g/mol. The fourth-order valence-electron chi connectivity index (χ4n) is 1.87. The fourth-order valence-corrected chi connectivity index (χ4v) is 4.13. The van der Waals surface area contributed by atoms with Gasteiger partial charge in [-0.2, -0.15) is 27.5 Å². The maximum absolute atomic E-state index is 13.9. The van der Waals surface area contributed by atoms with Crippen LogP contribution in [0.2, 0.25) is 0 Å². The van der Waals surface area contributed by atoms with Crippen LogP contribution in [0, 0.1) is 0 Å². The van der Waals surface area contributed by atoms with Crippen LogP contribution in [-0.4, -0.2) is 44.8 Å². The van der Waals surface area contributed by atoms with E-state index in [1.54, 1.807) is 0 Å². The highest BCUT2D eigenvalue weighted by atomic mass is 32.2. The Morgan fingerprint density at radius 2 is 1.70 bits per heavy atom. The van der Waals surface area contributed by atoms with Gasteiger partial charge in [0.2, 0.25) is 23.5 Å². The summed E-state index contributed by atoms with van der Waals surface area (Å²) in [6.45, 7) is 0. The van der Waals surface area contributed by atoms with E-state index < -0.39 is 49.6 Å². The zero-order chi connectivity index (χ0) is 22.7. The number of methoxy groups -OCH3 is 2. The van der Waals surface area contributed by atoms with Gasteiger partial charge in [-0.3, -0.25) is 5.32 Å². The van der Waals surface area contributed by atoms with Crippen LogP contribution in [0.4, 0.5) is 32.7 Å². The maximum atomic E-state index is 13.9. The van der Waals surface area contributed by atoms with E-state index in [0.29, 0.717) is 6.07 Å². The van der Waals surface area contributed by atoms with Crippen molar-refractivity contribution in [3.05, 3.63) is 28.2 Å². The summed E-state index contributed by atoms with van der Waals surface area (Å²) in [6, 6.07) is 0.509. The van der Waals surface area contributed by atoms with Gasteiger partial charge in [0.15, 0.2) is 5.83 Å². The average molecular weight is 474 g/mol. The summed E-state index contributed by atoms with van der Waals surface area (Å²) in [7, 11) is -2.41. The molecule has 30 heavy (non-hydrogen) atoms. The number of nitrogens with zero attached hydrogens (tertiary/aromatic N) is 2. The zero-order valence-corrected chi connectivity index (χ0v) is 16.5. The van der Waals surface area contributed by atoms with Crippen LogP contribution in [0.3, 0.4) is 0 Å². The quantitative estimate of drug-likeness (QED) is 0.617. The minimum absolute atomic E-state index is 0.0463. The van der Waals surface area contributed by atoms with Crippen molar-refractivity contribution in [2.24, 2.45) is 0 Å².